The van der Waals surface area contributed by atoms with Crippen molar-refractivity contribution in [2.45, 2.75) is 40.7 Å². The van der Waals surface area contributed by atoms with Crippen LogP contribution in [0.1, 0.15) is 31.4 Å². The molecule has 0 spiro atoms. The van der Waals surface area contributed by atoms with Gasteiger partial charge >= 0.3 is 0 Å². The second-order valence-electron chi connectivity index (χ2n) is 4.67. The molecule has 0 atom stereocenters. The molecule has 102 valence electrons. The minimum atomic E-state index is 0.850. The van der Waals surface area contributed by atoms with Crippen molar-refractivity contribution in [1.82, 2.24) is 20.0 Å². The van der Waals surface area contributed by atoms with Crippen LogP contribution in [-0.4, -0.2) is 26.5 Å². The normalized spacial score (nSPS) is 10.7. The van der Waals surface area contributed by atoms with Crippen LogP contribution in [0.3, 0.4) is 0 Å². The van der Waals surface area contributed by atoms with Gasteiger partial charge in [0.25, 0.3) is 0 Å². The Hall–Kier alpha value is -1.91. The van der Waals surface area contributed by atoms with Gasteiger partial charge in [-0.05, 0) is 38.3 Å². The van der Waals surface area contributed by atoms with Crippen LogP contribution in [0.15, 0.2) is 12.4 Å². The topological polar surface area (TPSA) is 55.6 Å². The molecule has 0 bridgehead atoms. The number of rotatable bonds is 5. The van der Waals surface area contributed by atoms with Gasteiger partial charge in [-0.15, -0.1) is 10.2 Å². The van der Waals surface area contributed by atoms with Gasteiger partial charge in [0.05, 0.1) is 11.9 Å². The summed E-state index contributed by atoms with van der Waals surface area (Å²) in [7, 11) is 0. The highest BCUT2D eigenvalue weighted by Crippen LogP contribution is 2.25. The second-order valence-corrected chi connectivity index (χ2v) is 4.67. The molecule has 0 amide bonds. The van der Waals surface area contributed by atoms with Gasteiger partial charge in [0.15, 0.2) is 5.82 Å². The van der Waals surface area contributed by atoms with Gasteiger partial charge in [0.1, 0.15) is 0 Å². The summed E-state index contributed by atoms with van der Waals surface area (Å²) in [6.07, 6.45) is 4.97. The number of nitrogens with zero attached hydrogens (tertiary/aromatic N) is 4. The number of hydrogen-bond donors (Lipinski definition) is 1. The van der Waals surface area contributed by atoms with E-state index in [9.17, 15) is 0 Å². The molecule has 5 nitrogen and oxygen atoms in total. The number of hydrogen-bond acceptors (Lipinski definition) is 4. The lowest BCUT2D eigenvalue weighted by atomic mass is 10.1. The highest BCUT2D eigenvalue weighted by Gasteiger charge is 2.12. The number of aryl methyl sites for hydroxylation is 1. The van der Waals surface area contributed by atoms with Gasteiger partial charge < -0.3 is 5.32 Å². The smallest absolute Gasteiger partial charge is 0.151 e. The van der Waals surface area contributed by atoms with E-state index >= 15 is 0 Å². The lowest BCUT2D eigenvalue weighted by Crippen LogP contribution is -2.06. The average Bonchev–Trinajstić information content (AvgIpc) is 2.84. The predicted molar refractivity (Wildman–Crippen MR) is 77.2 cm³/mol. The van der Waals surface area contributed by atoms with Crippen molar-refractivity contribution >= 4 is 5.82 Å². The van der Waals surface area contributed by atoms with E-state index in [-0.39, 0.29) is 0 Å². The van der Waals surface area contributed by atoms with Gasteiger partial charge in [0.2, 0.25) is 0 Å². The molecule has 19 heavy (non-hydrogen) atoms. The van der Waals surface area contributed by atoms with E-state index in [1.165, 1.54) is 0 Å². The summed E-state index contributed by atoms with van der Waals surface area (Å²) in [5, 5.41) is 16.2. The van der Waals surface area contributed by atoms with Crippen molar-refractivity contribution in [3.05, 3.63) is 23.5 Å². The number of anilines is 1. The molecule has 0 saturated heterocycles. The minimum absolute atomic E-state index is 0.850. The second kappa shape index (κ2) is 5.82. The van der Waals surface area contributed by atoms with Crippen LogP contribution in [0.4, 0.5) is 5.82 Å². The highest BCUT2D eigenvalue weighted by atomic mass is 15.3. The van der Waals surface area contributed by atoms with Crippen molar-refractivity contribution in [3.63, 3.8) is 0 Å². The number of nitrogens with one attached hydrogen (secondary N) is 1. The molecule has 0 aliphatic carbocycles. The van der Waals surface area contributed by atoms with Gasteiger partial charge in [-0.1, -0.05) is 6.92 Å². The molecule has 2 rings (SSSR count). The Labute approximate surface area is 114 Å². The average molecular weight is 259 g/mol. The number of aromatic nitrogens is 4. The van der Waals surface area contributed by atoms with Crippen LogP contribution >= 0.6 is 0 Å². The zero-order chi connectivity index (χ0) is 13.8. The van der Waals surface area contributed by atoms with E-state index in [1.54, 1.807) is 0 Å². The SMILES string of the molecule is CCCn1cc(-c2nnc(NCC)c(C)c2C)cn1. The Morgan fingerprint density at radius 3 is 2.63 bits per heavy atom. The Balaban J connectivity index is 2.36. The third-order valence-electron chi connectivity index (χ3n) is 3.23. The van der Waals surface area contributed by atoms with E-state index in [2.05, 4.69) is 48.3 Å². The van der Waals surface area contributed by atoms with E-state index < -0.39 is 0 Å². The van der Waals surface area contributed by atoms with Crippen LogP contribution in [0.25, 0.3) is 11.3 Å². The summed E-state index contributed by atoms with van der Waals surface area (Å²) >= 11 is 0. The summed E-state index contributed by atoms with van der Waals surface area (Å²) in [5.74, 6) is 0.865. The molecule has 2 aromatic rings. The Morgan fingerprint density at radius 2 is 1.95 bits per heavy atom. The van der Waals surface area contributed by atoms with E-state index in [0.29, 0.717) is 0 Å². The van der Waals surface area contributed by atoms with E-state index in [1.807, 2.05) is 17.1 Å². The molecule has 0 unspecified atom stereocenters. The first kappa shape index (κ1) is 13.5. The standard InChI is InChI=1S/C14H21N5/c1-5-7-19-9-12(8-16-19)13-10(3)11(4)14(15-6-2)18-17-13/h8-9H,5-7H2,1-4H3,(H,15,18). The zero-order valence-corrected chi connectivity index (χ0v) is 12.1. The van der Waals surface area contributed by atoms with Gasteiger partial charge in [-0.3, -0.25) is 4.68 Å². The molecule has 0 saturated carbocycles. The molecular weight excluding hydrogens is 238 g/mol. The van der Waals surface area contributed by atoms with Crippen molar-refractivity contribution < 1.29 is 0 Å². The molecule has 0 aliphatic heterocycles. The first-order valence-corrected chi connectivity index (χ1v) is 6.77. The summed E-state index contributed by atoms with van der Waals surface area (Å²) in [6, 6.07) is 0. The summed E-state index contributed by atoms with van der Waals surface area (Å²) < 4.78 is 1.95. The van der Waals surface area contributed by atoms with Crippen LogP contribution in [-0.2, 0) is 6.54 Å². The predicted octanol–water partition coefficient (Wildman–Crippen LogP) is 2.80. The molecule has 2 heterocycles. The van der Waals surface area contributed by atoms with Crippen LogP contribution < -0.4 is 5.32 Å². The van der Waals surface area contributed by atoms with Crippen molar-refractivity contribution in [3.8, 4) is 11.3 Å². The third-order valence-corrected chi connectivity index (χ3v) is 3.23. The minimum Gasteiger partial charge on any atom is -0.369 e. The molecular formula is C14H21N5. The quantitative estimate of drug-likeness (QED) is 0.897. The maximum absolute atomic E-state index is 4.35. The summed E-state index contributed by atoms with van der Waals surface area (Å²) in [6.45, 7) is 10.1. The molecule has 2 aromatic heterocycles. The van der Waals surface area contributed by atoms with Gasteiger partial charge in [0, 0.05) is 24.8 Å². The van der Waals surface area contributed by atoms with Gasteiger partial charge in [-0.2, -0.15) is 5.10 Å². The molecule has 5 heteroatoms. The van der Waals surface area contributed by atoms with E-state index in [4.69, 9.17) is 0 Å². The fourth-order valence-electron chi connectivity index (χ4n) is 2.05. The van der Waals surface area contributed by atoms with Crippen molar-refractivity contribution in [1.29, 1.82) is 0 Å². The molecule has 0 aromatic carbocycles. The molecule has 1 N–H and O–H groups in total. The van der Waals surface area contributed by atoms with Crippen molar-refractivity contribution in [2.24, 2.45) is 0 Å². The maximum atomic E-state index is 4.35. The first-order valence-electron chi connectivity index (χ1n) is 6.77. The highest BCUT2D eigenvalue weighted by molar-refractivity contribution is 5.65. The Bertz CT molecular complexity index is 559. The van der Waals surface area contributed by atoms with Crippen LogP contribution in [0.5, 0.6) is 0 Å². The first-order chi connectivity index (χ1) is 9.17. The van der Waals surface area contributed by atoms with Gasteiger partial charge in [-0.25, -0.2) is 0 Å². The Kier molecular flexibility index (Phi) is 4.14. The lowest BCUT2D eigenvalue weighted by Gasteiger charge is -2.10. The van der Waals surface area contributed by atoms with Crippen LogP contribution in [0.2, 0.25) is 0 Å². The lowest BCUT2D eigenvalue weighted by molar-refractivity contribution is 0.603. The fourth-order valence-corrected chi connectivity index (χ4v) is 2.05. The largest absolute Gasteiger partial charge is 0.369 e. The molecule has 0 radical (unpaired) electrons. The monoisotopic (exact) mass is 259 g/mol. The summed E-state index contributed by atoms with van der Waals surface area (Å²) in [4.78, 5) is 0. The summed E-state index contributed by atoms with van der Waals surface area (Å²) in [5.41, 5.74) is 4.25. The third kappa shape index (κ3) is 2.75. The van der Waals surface area contributed by atoms with E-state index in [0.717, 1.165) is 47.7 Å². The Morgan fingerprint density at radius 1 is 1.16 bits per heavy atom. The fraction of sp³-hybridized carbons (Fsp3) is 0.500. The molecule has 0 fully saturated rings. The van der Waals surface area contributed by atoms with Crippen LogP contribution in [0, 0.1) is 13.8 Å². The maximum Gasteiger partial charge on any atom is 0.151 e. The van der Waals surface area contributed by atoms with Crippen molar-refractivity contribution in [2.75, 3.05) is 11.9 Å². The molecule has 0 aliphatic rings. The zero-order valence-electron chi connectivity index (χ0n) is 12.1.